The number of hydrogen-bond donors (Lipinski definition) is 1. The average Bonchev–Trinajstić information content (AvgIpc) is 2.79. The van der Waals surface area contributed by atoms with Gasteiger partial charge in [0.1, 0.15) is 5.75 Å². The van der Waals surface area contributed by atoms with Crippen LogP contribution in [0.1, 0.15) is 5.56 Å². The van der Waals surface area contributed by atoms with Crippen LogP contribution in [-0.4, -0.2) is 38.8 Å². The zero-order valence-corrected chi connectivity index (χ0v) is 20.7. The summed E-state index contributed by atoms with van der Waals surface area (Å²) in [6.45, 7) is -0.375. The molecule has 174 valence electrons. The third kappa shape index (κ3) is 6.40. The molecule has 0 fully saturated rings. The van der Waals surface area contributed by atoms with Gasteiger partial charge >= 0.3 is 0 Å². The van der Waals surface area contributed by atoms with E-state index in [1.807, 2.05) is 30.3 Å². The van der Waals surface area contributed by atoms with Gasteiger partial charge in [0.05, 0.1) is 39.3 Å². The number of para-hydroxylation sites is 1. The van der Waals surface area contributed by atoms with Gasteiger partial charge in [-0.3, -0.25) is 4.79 Å². The number of methoxy groups -OCH3 is 1. The van der Waals surface area contributed by atoms with Crippen molar-refractivity contribution in [3.63, 3.8) is 0 Å². The first kappa shape index (κ1) is 25.3. The number of halogens is 3. The van der Waals surface area contributed by atoms with E-state index >= 15 is 0 Å². The number of hydrogen-bond acceptors (Lipinski definition) is 4. The molecule has 6 nitrogen and oxygen atoms in total. The van der Waals surface area contributed by atoms with E-state index in [9.17, 15) is 13.2 Å². The minimum atomic E-state index is -4.06. The molecule has 0 heterocycles. The molecule has 0 unspecified atom stereocenters. The zero-order chi connectivity index (χ0) is 24.0. The Bertz CT molecular complexity index is 1220. The molecule has 1 N–H and O–H groups in total. The van der Waals surface area contributed by atoms with Gasteiger partial charge in [0, 0.05) is 6.54 Å². The lowest BCUT2D eigenvalue weighted by atomic mass is 10.1. The fourth-order valence-electron chi connectivity index (χ4n) is 3.10. The number of nitrogens with zero attached hydrogens (tertiary/aromatic N) is 1. The quantitative estimate of drug-likeness (QED) is 0.397. The summed E-state index contributed by atoms with van der Waals surface area (Å²) in [4.78, 5) is 12.8. The van der Waals surface area contributed by atoms with E-state index in [-0.39, 0.29) is 32.2 Å². The summed E-state index contributed by atoms with van der Waals surface area (Å²) in [5, 5.41) is 3.25. The van der Waals surface area contributed by atoms with E-state index in [4.69, 9.17) is 39.5 Å². The van der Waals surface area contributed by atoms with Crippen molar-refractivity contribution in [2.45, 2.75) is 11.3 Å². The first-order valence-corrected chi connectivity index (χ1v) is 12.4. The predicted octanol–water partition coefficient (Wildman–Crippen LogP) is 5.53. The van der Waals surface area contributed by atoms with Crippen LogP contribution in [0, 0.1) is 0 Å². The van der Waals surface area contributed by atoms with Crippen molar-refractivity contribution in [2.75, 3.05) is 25.5 Å². The maximum atomic E-state index is 13.4. The average molecular weight is 528 g/mol. The highest BCUT2D eigenvalue weighted by molar-refractivity contribution is 7.89. The van der Waals surface area contributed by atoms with E-state index in [0.29, 0.717) is 12.2 Å². The lowest BCUT2D eigenvalue weighted by Crippen LogP contribution is -2.39. The second kappa shape index (κ2) is 11.2. The molecule has 0 radical (unpaired) electrons. The predicted molar refractivity (Wildman–Crippen MR) is 132 cm³/mol. The van der Waals surface area contributed by atoms with E-state index in [0.717, 1.165) is 9.87 Å². The third-order valence-electron chi connectivity index (χ3n) is 4.80. The Balaban J connectivity index is 1.88. The minimum Gasteiger partial charge on any atom is -0.495 e. The number of nitrogens with one attached hydrogen (secondary N) is 1. The summed E-state index contributed by atoms with van der Waals surface area (Å²) in [6, 6.07) is 18.3. The molecule has 0 aliphatic heterocycles. The van der Waals surface area contributed by atoms with Crippen LogP contribution in [0.15, 0.2) is 71.6 Å². The number of sulfonamides is 1. The topological polar surface area (TPSA) is 75.7 Å². The van der Waals surface area contributed by atoms with Crippen LogP contribution in [0.2, 0.25) is 15.1 Å². The molecule has 0 saturated carbocycles. The highest BCUT2D eigenvalue weighted by Crippen LogP contribution is 2.31. The van der Waals surface area contributed by atoms with Crippen molar-refractivity contribution in [3.05, 3.63) is 87.4 Å². The van der Waals surface area contributed by atoms with E-state index in [2.05, 4.69) is 5.32 Å². The van der Waals surface area contributed by atoms with Crippen molar-refractivity contribution >= 4 is 56.4 Å². The van der Waals surface area contributed by atoms with E-state index in [1.165, 1.54) is 25.3 Å². The Kier molecular flexibility index (Phi) is 8.62. The Morgan fingerprint density at radius 2 is 1.61 bits per heavy atom. The van der Waals surface area contributed by atoms with Gasteiger partial charge in [0.2, 0.25) is 15.9 Å². The van der Waals surface area contributed by atoms with Crippen molar-refractivity contribution in [1.82, 2.24) is 4.31 Å². The summed E-state index contributed by atoms with van der Waals surface area (Å²) in [6.07, 6.45) is 0.407. The summed E-state index contributed by atoms with van der Waals surface area (Å²) >= 11 is 18.4. The first-order valence-electron chi connectivity index (χ1n) is 9.84. The SMILES string of the molecule is COc1ccc(S(=O)(=O)N(CCc2ccccc2)CC(=O)Nc2c(Cl)cccc2Cl)cc1Cl. The Labute approximate surface area is 208 Å². The van der Waals surface area contributed by atoms with Gasteiger partial charge < -0.3 is 10.1 Å². The van der Waals surface area contributed by atoms with Gasteiger partial charge in [-0.1, -0.05) is 71.2 Å². The molecule has 0 spiro atoms. The van der Waals surface area contributed by atoms with Crippen molar-refractivity contribution in [2.24, 2.45) is 0 Å². The first-order chi connectivity index (χ1) is 15.7. The Morgan fingerprint density at radius 3 is 2.21 bits per heavy atom. The van der Waals surface area contributed by atoms with Gasteiger partial charge in [0.25, 0.3) is 0 Å². The number of amides is 1. The van der Waals surface area contributed by atoms with Gasteiger partial charge in [-0.2, -0.15) is 4.31 Å². The van der Waals surface area contributed by atoms with E-state index in [1.54, 1.807) is 18.2 Å². The number of anilines is 1. The molecule has 0 aliphatic carbocycles. The molecule has 3 aromatic carbocycles. The van der Waals surface area contributed by atoms with Crippen LogP contribution in [0.5, 0.6) is 5.75 Å². The van der Waals surface area contributed by atoms with Crippen molar-refractivity contribution < 1.29 is 17.9 Å². The monoisotopic (exact) mass is 526 g/mol. The van der Waals surface area contributed by atoms with Crippen LogP contribution in [0.3, 0.4) is 0 Å². The number of benzene rings is 3. The highest BCUT2D eigenvalue weighted by Gasteiger charge is 2.28. The smallest absolute Gasteiger partial charge is 0.243 e. The molecule has 0 aliphatic rings. The minimum absolute atomic E-state index is 0.0510. The number of carbonyl (C=O) groups is 1. The fourth-order valence-corrected chi connectivity index (χ4v) is 5.33. The lowest BCUT2D eigenvalue weighted by Gasteiger charge is -2.22. The van der Waals surface area contributed by atoms with Crippen LogP contribution in [0.25, 0.3) is 0 Å². The second-order valence-corrected chi connectivity index (χ2v) is 10.2. The molecular weight excluding hydrogens is 507 g/mol. The molecule has 10 heteroatoms. The van der Waals surface area contributed by atoms with Crippen LogP contribution < -0.4 is 10.1 Å². The Hall–Kier alpha value is -2.29. The molecular formula is C23H21Cl3N2O4S. The van der Waals surface area contributed by atoms with E-state index < -0.39 is 22.5 Å². The molecule has 3 aromatic rings. The zero-order valence-electron chi connectivity index (χ0n) is 17.6. The molecule has 0 bridgehead atoms. The van der Waals surface area contributed by atoms with Crippen LogP contribution in [-0.2, 0) is 21.2 Å². The van der Waals surface area contributed by atoms with Gasteiger partial charge in [-0.15, -0.1) is 0 Å². The third-order valence-corrected chi connectivity index (χ3v) is 7.57. The number of carbonyl (C=O) groups excluding carboxylic acids is 1. The molecule has 0 aromatic heterocycles. The van der Waals surface area contributed by atoms with Gasteiger partial charge in [0.15, 0.2) is 0 Å². The number of rotatable bonds is 9. The summed E-state index contributed by atoms with van der Waals surface area (Å²) in [7, 11) is -2.62. The number of ether oxygens (including phenoxy) is 1. The van der Waals surface area contributed by atoms with Crippen molar-refractivity contribution in [3.8, 4) is 5.75 Å². The molecule has 1 amide bonds. The van der Waals surface area contributed by atoms with Crippen LogP contribution in [0.4, 0.5) is 5.69 Å². The van der Waals surface area contributed by atoms with Crippen LogP contribution >= 0.6 is 34.8 Å². The molecule has 0 atom stereocenters. The summed E-state index contributed by atoms with van der Waals surface area (Å²) in [5.41, 5.74) is 1.15. The maximum Gasteiger partial charge on any atom is 0.243 e. The molecule has 33 heavy (non-hydrogen) atoms. The maximum absolute atomic E-state index is 13.4. The van der Waals surface area contributed by atoms with Crippen molar-refractivity contribution in [1.29, 1.82) is 0 Å². The largest absolute Gasteiger partial charge is 0.495 e. The second-order valence-electron chi connectivity index (χ2n) is 7.02. The lowest BCUT2D eigenvalue weighted by molar-refractivity contribution is -0.116. The molecule has 0 saturated heterocycles. The standard InChI is InChI=1S/C23H21Cl3N2O4S/c1-32-21-11-10-17(14-20(21)26)33(30,31)28(13-12-16-6-3-2-4-7-16)15-22(29)27-23-18(24)8-5-9-19(23)25/h2-11,14H,12-13,15H2,1H3,(H,27,29). The highest BCUT2D eigenvalue weighted by atomic mass is 35.5. The van der Waals surface area contributed by atoms with Gasteiger partial charge in [-0.05, 0) is 42.3 Å². The summed E-state index contributed by atoms with van der Waals surface area (Å²) in [5.74, 6) is -0.237. The molecule has 3 rings (SSSR count). The Morgan fingerprint density at radius 1 is 0.939 bits per heavy atom. The van der Waals surface area contributed by atoms with Gasteiger partial charge in [-0.25, -0.2) is 8.42 Å². The fraction of sp³-hybridized carbons (Fsp3) is 0.174. The summed E-state index contributed by atoms with van der Waals surface area (Å²) < 4.78 is 33.0. The normalized spacial score (nSPS) is 11.4.